The van der Waals surface area contributed by atoms with Crippen molar-refractivity contribution in [2.75, 3.05) is 7.11 Å². The first-order valence-corrected chi connectivity index (χ1v) is 13.0. The first kappa shape index (κ1) is 24.0. The van der Waals surface area contributed by atoms with Crippen LogP contribution in [0.4, 0.5) is 0 Å². The van der Waals surface area contributed by atoms with Crippen LogP contribution < -0.4 is 0 Å². The molecule has 1 aromatic rings. The fourth-order valence-corrected chi connectivity index (χ4v) is 8.61. The smallest absolute Gasteiger partial charge is 0.169 e. The Hall–Kier alpha value is -1.69. The van der Waals surface area contributed by atoms with Crippen LogP contribution in [0.15, 0.2) is 35.9 Å². The lowest BCUT2D eigenvalue weighted by molar-refractivity contribution is -0.232. The van der Waals surface area contributed by atoms with Gasteiger partial charge in [-0.3, -0.25) is 4.79 Å². The monoisotopic (exact) mass is 468 g/mol. The van der Waals surface area contributed by atoms with Crippen LogP contribution in [0, 0.1) is 28.6 Å². The molecule has 0 amide bonds. The van der Waals surface area contributed by atoms with Crippen LogP contribution in [0.2, 0.25) is 0 Å². The molecule has 186 valence electrons. The Morgan fingerprint density at radius 3 is 2.44 bits per heavy atom. The number of methoxy groups -OCH3 is 1. The van der Waals surface area contributed by atoms with Crippen molar-refractivity contribution in [2.45, 2.75) is 90.1 Å². The van der Waals surface area contributed by atoms with E-state index in [9.17, 15) is 15.0 Å². The Balaban J connectivity index is 1.35. The summed E-state index contributed by atoms with van der Waals surface area (Å²) >= 11 is 0. The minimum Gasteiger partial charge on any atom is -0.508 e. The van der Waals surface area contributed by atoms with Gasteiger partial charge in [-0.05, 0) is 86.3 Å². The molecule has 1 aromatic carbocycles. The summed E-state index contributed by atoms with van der Waals surface area (Å²) in [4.78, 5) is 12.8. The third-order valence-corrected chi connectivity index (χ3v) is 10.6. The molecular formula is C29H40O5. The maximum atomic E-state index is 12.8. The second-order valence-electron chi connectivity index (χ2n) is 11.9. The number of fused-ring (bicyclic) bond motifs is 5. The Bertz CT molecular complexity index is 985. The number of carbonyl (C=O) groups is 1. The molecule has 2 N–H and O–H groups in total. The quantitative estimate of drug-likeness (QED) is 0.439. The van der Waals surface area contributed by atoms with E-state index in [4.69, 9.17) is 9.47 Å². The number of carbonyl (C=O) groups excluding carboxylic acids is 1. The minimum atomic E-state index is -1.15. The van der Waals surface area contributed by atoms with E-state index in [1.54, 1.807) is 26.2 Å². The van der Waals surface area contributed by atoms with E-state index in [1.165, 1.54) is 5.57 Å². The molecule has 3 saturated carbocycles. The van der Waals surface area contributed by atoms with E-state index in [1.807, 2.05) is 12.1 Å². The standard InChI is InChI=1S/C29H40O5/c1-19(30)29(33-4)14-12-25-23-10-7-21-17-28(32,34-18-20-5-8-22(31)9-6-20)16-15-26(21,2)24(23)11-13-27(25,29)3/h5-9,23-25,31-32H,10-18H2,1-4H3/t23-,24+,25+,26+,27+,28?,29+/m1/s1. The summed E-state index contributed by atoms with van der Waals surface area (Å²) in [5.74, 6) is 0.905. The summed E-state index contributed by atoms with van der Waals surface area (Å²) < 4.78 is 12.1. The number of aliphatic hydroxyl groups is 1. The second-order valence-corrected chi connectivity index (χ2v) is 11.9. The highest BCUT2D eigenvalue weighted by molar-refractivity contribution is 5.86. The van der Waals surface area contributed by atoms with Gasteiger partial charge in [0.15, 0.2) is 11.6 Å². The number of phenolic OH excluding ortho intramolecular Hbond substituents is 1. The Labute approximate surface area is 203 Å². The van der Waals surface area contributed by atoms with Crippen molar-refractivity contribution >= 4 is 5.78 Å². The zero-order valence-electron chi connectivity index (χ0n) is 21.1. The normalized spacial score (nSPS) is 43.4. The highest BCUT2D eigenvalue weighted by Gasteiger charge is 2.66. The molecule has 3 fully saturated rings. The van der Waals surface area contributed by atoms with Crippen LogP contribution in [0.1, 0.15) is 77.7 Å². The van der Waals surface area contributed by atoms with Crippen molar-refractivity contribution in [3.05, 3.63) is 41.5 Å². The number of Topliss-reactive ketones (excluding diaryl/α,β-unsaturated/α-hetero) is 1. The number of ether oxygens (including phenoxy) is 2. The summed E-state index contributed by atoms with van der Waals surface area (Å²) in [5.41, 5.74) is 1.63. The van der Waals surface area contributed by atoms with Gasteiger partial charge in [0.1, 0.15) is 11.4 Å². The molecule has 5 nitrogen and oxygen atoms in total. The molecule has 5 heteroatoms. The number of hydrogen-bond acceptors (Lipinski definition) is 5. The molecule has 4 aliphatic carbocycles. The first-order chi connectivity index (χ1) is 16.1. The van der Waals surface area contributed by atoms with E-state index in [0.717, 1.165) is 44.1 Å². The number of ketones is 1. The summed E-state index contributed by atoms with van der Waals surface area (Å²) in [5, 5.41) is 20.8. The molecule has 5 rings (SSSR count). The number of allylic oxidation sites excluding steroid dienone is 1. The zero-order chi connectivity index (χ0) is 24.4. The largest absolute Gasteiger partial charge is 0.508 e. The Morgan fingerprint density at radius 1 is 1.06 bits per heavy atom. The van der Waals surface area contributed by atoms with Crippen molar-refractivity contribution in [2.24, 2.45) is 28.6 Å². The minimum absolute atomic E-state index is 0.0763. The highest BCUT2D eigenvalue weighted by Crippen LogP contribution is 2.68. The predicted octanol–water partition coefficient (Wildman–Crippen LogP) is 5.53. The van der Waals surface area contributed by atoms with Gasteiger partial charge in [-0.1, -0.05) is 37.6 Å². The molecule has 0 aromatic heterocycles. The van der Waals surface area contributed by atoms with Crippen LogP contribution >= 0.6 is 0 Å². The summed E-state index contributed by atoms with van der Waals surface area (Å²) in [6.07, 6.45) is 9.53. The van der Waals surface area contributed by atoms with Gasteiger partial charge in [0, 0.05) is 25.4 Å². The van der Waals surface area contributed by atoms with E-state index in [-0.39, 0.29) is 22.4 Å². The SMILES string of the molecule is CO[C@]1(C(C)=O)CC[C@H]2[C@@H]3CC=C4CC(O)(OCc5ccc(O)cc5)CC[C@]4(C)[C@H]3CC[C@@]21C. The number of phenols is 1. The van der Waals surface area contributed by atoms with Crippen LogP contribution in [-0.2, 0) is 20.9 Å². The highest BCUT2D eigenvalue weighted by atomic mass is 16.6. The number of rotatable bonds is 5. The van der Waals surface area contributed by atoms with Gasteiger partial charge in [-0.15, -0.1) is 0 Å². The maximum Gasteiger partial charge on any atom is 0.169 e. The lowest BCUT2D eigenvalue weighted by Crippen LogP contribution is -2.58. The first-order valence-electron chi connectivity index (χ1n) is 13.0. The molecule has 4 aliphatic rings. The zero-order valence-corrected chi connectivity index (χ0v) is 21.1. The molecule has 34 heavy (non-hydrogen) atoms. The second kappa shape index (κ2) is 8.18. The van der Waals surface area contributed by atoms with Gasteiger partial charge in [-0.2, -0.15) is 0 Å². The van der Waals surface area contributed by atoms with E-state index >= 15 is 0 Å². The van der Waals surface area contributed by atoms with Gasteiger partial charge >= 0.3 is 0 Å². The van der Waals surface area contributed by atoms with Crippen molar-refractivity contribution in [3.63, 3.8) is 0 Å². The molecule has 0 aliphatic heterocycles. The molecule has 7 atom stereocenters. The fraction of sp³-hybridized carbons (Fsp3) is 0.690. The van der Waals surface area contributed by atoms with Crippen molar-refractivity contribution in [3.8, 4) is 5.75 Å². The lowest BCUT2D eigenvalue weighted by atomic mass is 9.46. The van der Waals surface area contributed by atoms with Gasteiger partial charge in [0.25, 0.3) is 0 Å². The predicted molar refractivity (Wildman–Crippen MR) is 130 cm³/mol. The van der Waals surface area contributed by atoms with Gasteiger partial charge in [0.05, 0.1) is 6.61 Å². The Kier molecular flexibility index (Phi) is 5.78. The molecule has 0 spiro atoms. The third-order valence-electron chi connectivity index (χ3n) is 10.6. The van der Waals surface area contributed by atoms with E-state index in [0.29, 0.717) is 37.2 Å². The van der Waals surface area contributed by atoms with Crippen LogP contribution in [0.25, 0.3) is 0 Å². The summed E-state index contributed by atoms with van der Waals surface area (Å²) in [6, 6.07) is 6.96. The van der Waals surface area contributed by atoms with Crippen molar-refractivity contribution < 1.29 is 24.5 Å². The van der Waals surface area contributed by atoms with E-state index < -0.39 is 11.4 Å². The molecular weight excluding hydrogens is 428 g/mol. The fourth-order valence-electron chi connectivity index (χ4n) is 8.61. The van der Waals surface area contributed by atoms with E-state index in [2.05, 4.69) is 19.9 Å². The number of aromatic hydroxyl groups is 1. The molecule has 0 saturated heterocycles. The molecule has 1 unspecified atom stereocenters. The number of hydrogen-bond donors (Lipinski definition) is 2. The molecule has 0 bridgehead atoms. The third kappa shape index (κ3) is 3.42. The molecule has 0 radical (unpaired) electrons. The van der Waals surface area contributed by atoms with Gasteiger partial charge in [-0.25, -0.2) is 0 Å². The van der Waals surface area contributed by atoms with Crippen molar-refractivity contribution in [1.29, 1.82) is 0 Å². The van der Waals surface area contributed by atoms with Gasteiger partial charge in [0.2, 0.25) is 0 Å². The Morgan fingerprint density at radius 2 is 1.76 bits per heavy atom. The van der Waals surface area contributed by atoms with Crippen molar-refractivity contribution in [1.82, 2.24) is 0 Å². The van der Waals surface area contributed by atoms with Crippen LogP contribution in [-0.4, -0.2) is 34.5 Å². The maximum absolute atomic E-state index is 12.8. The van der Waals surface area contributed by atoms with Crippen LogP contribution in [0.3, 0.4) is 0 Å². The lowest BCUT2D eigenvalue weighted by Gasteiger charge is -2.59. The number of benzene rings is 1. The van der Waals surface area contributed by atoms with Crippen LogP contribution in [0.5, 0.6) is 5.75 Å². The molecule has 0 heterocycles. The van der Waals surface area contributed by atoms with Gasteiger partial charge < -0.3 is 19.7 Å². The summed E-state index contributed by atoms with van der Waals surface area (Å²) in [7, 11) is 1.72. The summed E-state index contributed by atoms with van der Waals surface area (Å²) in [6.45, 7) is 6.76. The topological polar surface area (TPSA) is 76.0 Å². The average Bonchev–Trinajstić information content (AvgIpc) is 3.13. The average molecular weight is 469 g/mol.